The lowest BCUT2D eigenvalue weighted by atomic mass is 10.1. The van der Waals surface area contributed by atoms with Gasteiger partial charge in [0.05, 0.1) is 0 Å². The predicted molar refractivity (Wildman–Crippen MR) is 86.8 cm³/mol. The van der Waals surface area contributed by atoms with E-state index < -0.39 is 0 Å². The quantitative estimate of drug-likeness (QED) is 0.891. The van der Waals surface area contributed by atoms with Gasteiger partial charge in [0.25, 0.3) is 0 Å². The van der Waals surface area contributed by atoms with Crippen molar-refractivity contribution in [2.75, 3.05) is 11.9 Å². The summed E-state index contributed by atoms with van der Waals surface area (Å²) in [5, 5.41) is 2.95. The van der Waals surface area contributed by atoms with Crippen LogP contribution in [0, 0.1) is 13.8 Å². The van der Waals surface area contributed by atoms with E-state index in [4.69, 9.17) is 4.74 Å². The number of imidazole rings is 1. The third-order valence-corrected chi connectivity index (χ3v) is 3.50. The van der Waals surface area contributed by atoms with Crippen LogP contribution in [0.5, 0.6) is 0 Å². The molecule has 1 aromatic heterocycles. The molecule has 1 atom stereocenters. The fraction of sp³-hybridized carbons (Fsp3) is 0.412. The van der Waals surface area contributed by atoms with Gasteiger partial charge in [-0.1, -0.05) is 17.7 Å². The van der Waals surface area contributed by atoms with Gasteiger partial charge in [-0.2, -0.15) is 0 Å². The summed E-state index contributed by atoms with van der Waals surface area (Å²) < 4.78 is 7.36. The van der Waals surface area contributed by atoms with Crippen LogP contribution in [0.2, 0.25) is 0 Å². The maximum absolute atomic E-state index is 12.2. The minimum Gasteiger partial charge on any atom is -0.371 e. The van der Waals surface area contributed by atoms with Crippen LogP contribution in [0.3, 0.4) is 0 Å². The van der Waals surface area contributed by atoms with Crippen molar-refractivity contribution in [3.05, 3.63) is 47.5 Å². The summed E-state index contributed by atoms with van der Waals surface area (Å²) in [5.74, 6) is 0.688. The van der Waals surface area contributed by atoms with Crippen LogP contribution >= 0.6 is 0 Å². The van der Waals surface area contributed by atoms with Crippen LogP contribution in [0.15, 0.2) is 30.6 Å². The summed E-state index contributed by atoms with van der Waals surface area (Å²) in [6, 6.07) is 5.97. The molecule has 0 saturated carbocycles. The van der Waals surface area contributed by atoms with Crippen LogP contribution in [-0.2, 0) is 16.1 Å². The van der Waals surface area contributed by atoms with Crippen LogP contribution < -0.4 is 5.32 Å². The lowest BCUT2D eigenvalue weighted by Crippen LogP contribution is -2.21. The molecule has 1 aromatic carbocycles. The minimum absolute atomic E-state index is 0.0742. The van der Waals surface area contributed by atoms with Crippen LogP contribution in [0.25, 0.3) is 0 Å². The molecule has 1 N–H and O–H groups in total. The van der Waals surface area contributed by atoms with E-state index in [9.17, 15) is 4.79 Å². The Hall–Kier alpha value is -2.14. The highest BCUT2D eigenvalue weighted by atomic mass is 16.5. The topological polar surface area (TPSA) is 56.2 Å². The van der Waals surface area contributed by atoms with Gasteiger partial charge in [0, 0.05) is 24.7 Å². The molecule has 5 heteroatoms. The zero-order valence-corrected chi connectivity index (χ0v) is 13.6. The van der Waals surface area contributed by atoms with E-state index in [1.165, 1.54) is 5.56 Å². The number of anilines is 1. The molecule has 0 spiro atoms. The number of nitrogens with zero attached hydrogens (tertiary/aromatic N) is 2. The zero-order chi connectivity index (χ0) is 16.1. The SMILES string of the molecule is CCOC(C)c1nccn1CC(=O)Nc1ccc(C)cc1C. The first kappa shape index (κ1) is 16.2. The number of amides is 1. The molecule has 0 fully saturated rings. The summed E-state index contributed by atoms with van der Waals surface area (Å²) in [6.07, 6.45) is 3.36. The van der Waals surface area contributed by atoms with Crippen molar-refractivity contribution >= 4 is 11.6 Å². The Labute approximate surface area is 131 Å². The molecule has 5 nitrogen and oxygen atoms in total. The van der Waals surface area contributed by atoms with Crippen molar-refractivity contribution in [1.29, 1.82) is 0 Å². The standard InChI is InChI=1S/C17H23N3O2/c1-5-22-14(4)17-18-8-9-20(17)11-16(21)19-15-7-6-12(2)10-13(15)3/h6-10,14H,5,11H2,1-4H3,(H,19,21). The highest BCUT2D eigenvalue weighted by Crippen LogP contribution is 2.17. The summed E-state index contributed by atoms with van der Waals surface area (Å²) in [5.41, 5.74) is 3.08. The number of aryl methyl sites for hydroxylation is 2. The third kappa shape index (κ3) is 3.95. The van der Waals surface area contributed by atoms with Gasteiger partial charge in [-0.15, -0.1) is 0 Å². The average Bonchev–Trinajstić information content (AvgIpc) is 2.90. The average molecular weight is 301 g/mol. The Morgan fingerprint density at radius 2 is 2.18 bits per heavy atom. The molecule has 2 aromatic rings. The molecule has 0 radical (unpaired) electrons. The summed E-state index contributed by atoms with van der Waals surface area (Å²) in [4.78, 5) is 16.5. The Kier molecular flexibility index (Phi) is 5.33. The molecule has 1 amide bonds. The van der Waals surface area contributed by atoms with Crippen molar-refractivity contribution in [3.8, 4) is 0 Å². The highest BCUT2D eigenvalue weighted by Gasteiger charge is 2.14. The van der Waals surface area contributed by atoms with E-state index >= 15 is 0 Å². The van der Waals surface area contributed by atoms with Crippen LogP contribution in [-0.4, -0.2) is 22.1 Å². The number of aromatic nitrogens is 2. The molecule has 0 aliphatic heterocycles. The molecule has 0 saturated heterocycles. The van der Waals surface area contributed by atoms with Gasteiger partial charge in [0.1, 0.15) is 18.5 Å². The van der Waals surface area contributed by atoms with Crippen molar-refractivity contribution < 1.29 is 9.53 Å². The number of hydrogen-bond donors (Lipinski definition) is 1. The zero-order valence-electron chi connectivity index (χ0n) is 13.6. The van der Waals surface area contributed by atoms with Gasteiger partial charge in [-0.05, 0) is 39.3 Å². The second kappa shape index (κ2) is 7.22. The number of carbonyl (C=O) groups excluding carboxylic acids is 1. The number of ether oxygens (including phenoxy) is 1. The van der Waals surface area contributed by atoms with E-state index in [-0.39, 0.29) is 18.6 Å². The van der Waals surface area contributed by atoms with Crippen molar-refractivity contribution in [2.24, 2.45) is 0 Å². The Bertz CT molecular complexity index is 649. The van der Waals surface area contributed by atoms with Gasteiger partial charge in [-0.25, -0.2) is 4.98 Å². The number of nitrogens with one attached hydrogen (secondary N) is 1. The van der Waals surface area contributed by atoms with E-state index in [1.807, 2.05) is 44.4 Å². The molecule has 1 heterocycles. The van der Waals surface area contributed by atoms with Crippen molar-refractivity contribution in [3.63, 3.8) is 0 Å². The summed E-state index contributed by atoms with van der Waals surface area (Å²) in [7, 11) is 0. The summed E-state index contributed by atoms with van der Waals surface area (Å²) in [6.45, 7) is 8.73. The van der Waals surface area contributed by atoms with Crippen LogP contribution in [0.4, 0.5) is 5.69 Å². The largest absolute Gasteiger partial charge is 0.371 e. The lowest BCUT2D eigenvalue weighted by molar-refractivity contribution is -0.116. The number of carbonyl (C=O) groups is 1. The van der Waals surface area contributed by atoms with Gasteiger partial charge < -0.3 is 14.6 Å². The van der Waals surface area contributed by atoms with Gasteiger partial charge in [0.15, 0.2) is 0 Å². The van der Waals surface area contributed by atoms with Gasteiger partial charge in [-0.3, -0.25) is 4.79 Å². The number of hydrogen-bond acceptors (Lipinski definition) is 3. The first-order valence-electron chi connectivity index (χ1n) is 7.51. The molecule has 0 bridgehead atoms. The Morgan fingerprint density at radius 1 is 1.41 bits per heavy atom. The Morgan fingerprint density at radius 3 is 2.86 bits per heavy atom. The molecular formula is C17H23N3O2. The molecule has 2 rings (SSSR count). The number of benzene rings is 1. The molecule has 1 unspecified atom stereocenters. The van der Waals surface area contributed by atoms with E-state index in [1.54, 1.807) is 12.4 Å². The molecule has 118 valence electrons. The Balaban J connectivity index is 2.05. The highest BCUT2D eigenvalue weighted by molar-refractivity contribution is 5.91. The predicted octanol–water partition coefficient (Wildman–Crippen LogP) is 3.24. The maximum Gasteiger partial charge on any atom is 0.244 e. The molecule has 0 aliphatic rings. The fourth-order valence-corrected chi connectivity index (χ4v) is 2.44. The number of rotatable bonds is 6. The van der Waals surface area contributed by atoms with E-state index in [0.717, 1.165) is 17.1 Å². The second-order valence-electron chi connectivity index (χ2n) is 5.38. The molecule has 22 heavy (non-hydrogen) atoms. The second-order valence-corrected chi connectivity index (χ2v) is 5.38. The smallest absolute Gasteiger partial charge is 0.244 e. The summed E-state index contributed by atoms with van der Waals surface area (Å²) >= 11 is 0. The van der Waals surface area contributed by atoms with E-state index in [2.05, 4.69) is 16.4 Å². The van der Waals surface area contributed by atoms with Crippen molar-refractivity contribution in [1.82, 2.24) is 9.55 Å². The van der Waals surface area contributed by atoms with Gasteiger partial charge >= 0.3 is 0 Å². The minimum atomic E-state index is -0.131. The molecule has 0 aliphatic carbocycles. The van der Waals surface area contributed by atoms with Crippen LogP contribution in [0.1, 0.15) is 36.9 Å². The first-order valence-corrected chi connectivity index (χ1v) is 7.51. The maximum atomic E-state index is 12.2. The lowest BCUT2D eigenvalue weighted by Gasteiger charge is -2.14. The molecular weight excluding hydrogens is 278 g/mol. The van der Waals surface area contributed by atoms with Crippen molar-refractivity contribution in [2.45, 2.75) is 40.3 Å². The fourth-order valence-electron chi connectivity index (χ4n) is 2.44. The van der Waals surface area contributed by atoms with E-state index in [0.29, 0.717) is 6.61 Å². The normalized spacial score (nSPS) is 12.2. The van der Waals surface area contributed by atoms with Gasteiger partial charge in [0.2, 0.25) is 5.91 Å². The third-order valence-electron chi connectivity index (χ3n) is 3.50. The monoisotopic (exact) mass is 301 g/mol. The first-order chi connectivity index (χ1) is 10.5.